The van der Waals surface area contributed by atoms with Crippen molar-refractivity contribution in [1.82, 2.24) is 9.71 Å². The molecule has 0 unspecified atom stereocenters. The molecule has 6 nitrogen and oxygen atoms in total. The third-order valence-corrected chi connectivity index (χ3v) is 6.36. The van der Waals surface area contributed by atoms with Crippen LogP contribution in [-0.4, -0.2) is 25.4 Å². The molecule has 0 bridgehead atoms. The summed E-state index contributed by atoms with van der Waals surface area (Å²) in [7, 11) is -3.96. The summed E-state index contributed by atoms with van der Waals surface area (Å²) in [6, 6.07) is 13.2. The van der Waals surface area contributed by atoms with E-state index in [0.29, 0.717) is 11.2 Å². The van der Waals surface area contributed by atoms with Crippen LogP contribution in [0.1, 0.15) is 25.0 Å². The quantitative estimate of drug-likeness (QED) is 0.646. The van der Waals surface area contributed by atoms with Gasteiger partial charge in [-0.2, -0.15) is 4.72 Å². The van der Waals surface area contributed by atoms with Crippen LogP contribution in [-0.2, 0) is 14.8 Å². The fourth-order valence-electron chi connectivity index (χ4n) is 3.06. The largest absolute Gasteiger partial charge is 0.325 e. The maximum atomic E-state index is 13.1. The molecule has 1 aromatic heterocycles. The van der Waals surface area contributed by atoms with E-state index in [1.165, 1.54) is 6.07 Å². The first-order valence-corrected chi connectivity index (χ1v) is 10.9. The van der Waals surface area contributed by atoms with Gasteiger partial charge in [0, 0.05) is 17.3 Å². The number of fused-ring (bicyclic) bond motifs is 1. The Morgan fingerprint density at radius 3 is 2.41 bits per heavy atom. The van der Waals surface area contributed by atoms with Crippen LogP contribution in [0.25, 0.3) is 10.9 Å². The van der Waals surface area contributed by atoms with Gasteiger partial charge < -0.3 is 5.32 Å². The smallest absolute Gasteiger partial charge is 0.243 e. The highest BCUT2D eigenvalue weighted by molar-refractivity contribution is 7.89. The lowest BCUT2D eigenvalue weighted by molar-refractivity contribution is -0.118. The maximum Gasteiger partial charge on any atom is 0.243 e. The molecule has 0 saturated heterocycles. The van der Waals surface area contributed by atoms with Crippen LogP contribution in [0.4, 0.5) is 5.69 Å². The maximum absolute atomic E-state index is 13.1. The first-order chi connectivity index (χ1) is 13.7. The van der Waals surface area contributed by atoms with Gasteiger partial charge in [0.05, 0.1) is 5.52 Å². The van der Waals surface area contributed by atoms with E-state index in [2.05, 4.69) is 15.0 Å². The number of sulfonamides is 1. The Morgan fingerprint density at radius 1 is 1.00 bits per heavy atom. The fraction of sp³-hybridized carbons (Fsp3) is 0.273. The summed E-state index contributed by atoms with van der Waals surface area (Å²) >= 11 is 0. The van der Waals surface area contributed by atoms with Crippen LogP contribution >= 0.6 is 0 Å². The lowest BCUT2D eigenvalue weighted by Gasteiger charge is -2.22. The fourth-order valence-corrected chi connectivity index (χ4v) is 4.58. The van der Waals surface area contributed by atoms with Crippen LogP contribution in [0.3, 0.4) is 0 Å². The average Bonchev–Trinajstić information content (AvgIpc) is 2.68. The third kappa shape index (κ3) is 4.63. The SMILES string of the molecule is Cc1ccc(NC(=O)[C@H](NS(=O)(=O)c2cccc3cccnc23)C(C)C)cc1C. The highest BCUT2D eigenvalue weighted by atomic mass is 32.2. The van der Waals surface area contributed by atoms with Crippen molar-refractivity contribution >= 4 is 32.5 Å². The number of anilines is 1. The summed E-state index contributed by atoms with van der Waals surface area (Å²) in [5.74, 6) is -0.653. The molecule has 1 atom stereocenters. The van der Waals surface area contributed by atoms with Crippen molar-refractivity contribution in [2.75, 3.05) is 5.32 Å². The summed E-state index contributed by atoms with van der Waals surface area (Å²) < 4.78 is 28.7. The van der Waals surface area contributed by atoms with Crippen molar-refractivity contribution in [1.29, 1.82) is 0 Å². The Kier molecular flexibility index (Phi) is 6.00. The zero-order valence-corrected chi connectivity index (χ0v) is 17.7. The van der Waals surface area contributed by atoms with Gasteiger partial charge in [-0.15, -0.1) is 0 Å². The van der Waals surface area contributed by atoms with Crippen LogP contribution in [0.5, 0.6) is 0 Å². The molecule has 3 rings (SSSR count). The minimum atomic E-state index is -3.96. The van der Waals surface area contributed by atoms with Crippen LogP contribution < -0.4 is 10.0 Å². The molecule has 3 aromatic rings. The molecule has 1 amide bonds. The van der Waals surface area contributed by atoms with E-state index < -0.39 is 22.0 Å². The highest BCUT2D eigenvalue weighted by Gasteiger charge is 2.29. The number of aryl methyl sites for hydroxylation is 2. The standard InChI is InChI=1S/C22H25N3O3S/c1-14(2)20(22(26)24-18-11-10-15(3)16(4)13-18)25-29(27,28)19-9-5-7-17-8-6-12-23-21(17)19/h5-14,20,25H,1-4H3,(H,24,26)/t20-/m1/s1. The number of pyridine rings is 1. The Balaban J connectivity index is 1.89. The molecule has 7 heteroatoms. The van der Waals surface area contributed by atoms with Crippen LogP contribution in [0, 0.1) is 19.8 Å². The molecule has 2 N–H and O–H groups in total. The van der Waals surface area contributed by atoms with E-state index in [9.17, 15) is 13.2 Å². The van der Waals surface area contributed by atoms with Gasteiger partial charge in [-0.3, -0.25) is 9.78 Å². The monoisotopic (exact) mass is 411 g/mol. The normalized spacial score (nSPS) is 12.9. The number of rotatable bonds is 6. The van der Waals surface area contributed by atoms with Gasteiger partial charge in [-0.25, -0.2) is 8.42 Å². The molecule has 152 valence electrons. The first kappa shape index (κ1) is 21.0. The van der Waals surface area contributed by atoms with Crippen molar-refractivity contribution in [2.45, 2.75) is 38.6 Å². The van der Waals surface area contributed by atoms with E-state index in [0.717, 1.165) is 16.5 Å². The Hall–Kier alpha value is -2.77. The van der Waals surface area contributed by atoms with Crippen LogP contribution in [0.15, 0.2) is 59.6 Å². The molecule has 0 aliphatic heterocycles. The molecule has 0 radical (unpaired) electrons. The van der Waals surface area contributed by atoms with Gasteiger partial charge in [-0.05, 0) is 55.2 Å². The van der Waals surface area contributed by atoms with Gasteiger partial charge in [0.15, 0.2) is 0 Å². The van der Waals surface area contributed by atoms with E-state index in [4.69, 9.17) is 0 Å². The Morgan fingerprint density at radius 2 is 1.72 bits per heavy atom. The third-order valence-electron chi connectivity index (χ3n) is 4.89. The summed E-state index contributed by atoms with van der Waals surface area (Å²) in [6.07, 6.45) is 1.55. The summed E-state index contributed by atoms with van der Waals surface area (Å²) in [5.41, 5.74) is 3.17. The number of nitrogens with zero attached hydrogens (tertiary/aromatic N) is 1. The molecule has 29 heavy (non-hydrogen) atoms. The Bertz CT molecular complexity index is 1150. The second kappa shape index (κ2) is 8.31. The number of nitrogens with one attached hydrogen (secondary N) is 2. The minimum Gasteiger partial charge on any atom is -0.325 e. The van der Waals surface area contributed by atoms with Crippen LogP contribution in [0.2, 0.25) is 0 Å². The first-order valence-electron chi connectivity index (χ1n) is 9.43. The number of hydrogen-bond donors (Lipinski definition) is 2. The number of amides is 1. The number of para-hydroxylation sites is 1. The molecule has 0 saturated carbocycles. The number of aromatic nitrogens is 1. The minimum absolute atomic E-state index is 0.0558. The number of hydrogen-bond acceptors (Lipinski definition) is 4. The second-order valence-electron chi connectivity index (χ2n) is 7.46. The van der Waals surface area contributed by atoms with Crippen molar-refractivity contribution in [3.63, 3.8) is 0 Å². The van der Waals surface area contributed by atoms with E-state index in [-0.39, 0.29) is 10.8 Å². The van der Waals surface area contributed by atoms with Crippen molar-refractivity contribution in [3.05, 3.63) is 65.9 Å². The van der Waals surface area contributed by atoms with Crippen molar-refractivity contribution in [3.8, 4) is 0 Å². The number of benzene rings is 2. The Labute approximate surface area is 171 Å². The van der Waals surface area contributed by atoms with Crippen molar-refractivity contribution in [2.24, 2.45) is 5.92 Å². The molecule has 0 aliphatic carbocycles. The topological polar surface area (TPSA) is 88.2 Å². The van der Waals surface area contributed by atoms with Gasteiger partial charge in [-0.1, -0.05) is 38.1 Å². The number of carbonyl (C=O) groups is 1. The highest BCUT2D eigenvalue weighted by Crippen LogP contribution is 2.22. The number of carbonyl (C=O) groups excluding carboxylic acids is 1. The molecular formula is C22H25N3O3S. The van der Waals surface area contributed by atoms with E-state index in [1.807, 2.05) is 26.0 Å². The van der Waals surface area contributed by atoms with E-state index >= 15 is 0 Å². The average molecular weight is 412 g/mol. The zero-order valence-electron chi connectivity index (χ0n) is 16.9. The summed E-state index contributed by atoms with van der Waals surface area (Å²) in [4.78, 5) is 17.1. The van der Waals surface area contributed by atoms with Gasteiger partial charge in [0.2, 0.25) is 15.9 Å². The molecule has 0 aliphatic rings. The van der Waals surface area contributed by atoms with Crippen molar-refractivity contribution < 1.29 is 13.2 Å². The molecular weight excluding hydrogens is 386 g/mol. The lowest BCUT2D eigenvalue weighted by Crippen LogP contribution is -2.47. The van der Waals surface area contributed by atoms with Gasteiger partial charge in [0.25, 0.3) is 0 Å². The molecule has 0 spiro atoms. The predicted octanol–water partition coefficient (Wildman–Crippen LogP) is 3.79. The second-order valence-corrected chi connectivity index (χ2v) is 9.14. The van der Waals surface area contributed by atoms with Gasteiger partial charge >= 0.3 is 0 Å². The molecule has 1 heterocycles. The predicted molar refractivity (Wildman–Crippen MR) is 115 cm³/mol. The summed E-state index contributed by atoms with van der Waals surface area (Å²) in [6.45, 7) is 7.55. The zero-order chi connectivity index (χ0) is 21.2. The van der Waals surface area contributed by atoms with E-state index in [1.54, 1.807) is 50.4 Å². The summed E-state index contributed by atoms with van der Waals surface area (Å²) in [5, 5.41) is 3.54. The lowest BCUT2D eigenvalue weighted by atomic mass is 10.0. The molecule has 0 fully saturated rings. The molecule has 2 aromatic carbocycles. The van der Waals surface area contributed by atoms with Gasteiger partial charge in [0.1, 0.15) is 10.9 Å².